The standard InChI is InChI=1S/C14H20BrF2N/c1-9(7-8-18-14(2,3)4)12-11(16)6-5-10(15)13(12)17/h5-6,9,18H,7-8H2,1-4H3. The number of hydrogen-bond donors (Lipinski definition) is 1. The molecule has 0 heterocycles. The lowest BCUT2D eigenvalue weighted by Gasteiger charge is -2.22. The van der Waals surface area contributed by atoms with Gasteiger partial charge in [0.1, 0.15) is 11.6 Å². The maximum atomic E-state index is 13.9. The van der Waals surface area contributed by atoms with Gasteiger partial charge in [-0.3, -0.25) is 0 Å². The number of hydrogen-bond acceptors (Lipinski definition) is 1. The van der Waals surface area contributed by atoms with E-state index in [1.54, 1.807) is 0 Å². The fourth-order valence-electron chi connectivity index (χ4n) is 1.80. The molecule has 1 rings (SSSR count). The van der Waals surface area contributed by atoms with Crippen LogP contribution in [0.25, 0.3) is 0 Å². The molecule has 1 N–H and O–H groups in total. The molecular weight excluding hydrogens is 300 g/mol. The Labute approximate surface area is 116 Å². The van der Waals surface area contributed by atoms with Gasteiger partial charge in [0.15, 0.2) is 0 Å². The summed E-state index contributed by atoms with van der Waals surface area (Å²) in [6.07, 6.45) is 0.696. The highest BCUT2D eigenvalue weighted by Gasteiger charge is 2.19. The SMILES string of the molecule is CC(CCNC(C)(C)C)c1c(F)ccc(Br)c1F. The first-order valence-corrected chi connectivity index (χ1v) is 6.90. The highest BCUT2D eigenvalue weighted by atomic mass is 79.9. The summed E-state index contributed by atoms with van der Waals surface area (Å²) in [6, 6.07) is 2.70. The molecule has 0 spiro atoms. The van der Waals surface area contributed by atoms with Crippen LogP contribution >= 0.6 is 15.9 Å². The topological polar surface area (TPSA) is 12.0 Å². The van der Waals surface area contributed by atoms with Crippen molar-refractivity contribution in [1.29, 1.82) is 0 Å². The molecule has 18 heavy (non-hydrogen) atoms. The van der Waals surface area contributed by atoms with Crippen molar-refractivity contribution >= 4 is 15.9 Å². The van der Waals surface area contributed by atoms with Crippen LogP contribution in [0.1, 0.15) is 45.6 Å². The number of rotatable bonds is 4. The van der Waals surface area contributed by atoms with Gasteiger partial charge >= 0.3 is 0 Å². The van der Waals surface area contributed by atoms with Crippen LogP contribution in [0.5, 0.6) is 0 Å². The van der Waals surface area contributed by atoms with Crippen LogP contribution in [-0.4, -0.2) is 12.1 Å². The summed E-state index contributed by atoms with van der Waals surface area (Å²) >= 11 is 3.09. The fraction of sp³-hybridized carbons (Fsp3) is 0.571. The van der Waals surface area contributed by atoms with E-state index in [-0.39, 0.29) is 17.0 Å². The second-order valence-electron chi connectivity index (χ2n) is 5.62. The first kappa shape index (κ1) is 15.6. The Balaban J connectivity index is 2.73. The Kier molecular flexibility index (Phi) is 5.29. The Morgan fingerprint density at radius 3 is 2.44 bits per heavy atom. The molecule has 4 heteroatoms. The summed E-state index contributed by atoms with van der Waals surface area (Å²) in [4.78, 5) is 0. The predicted molar refractivity (Wildman–Crippen MR) is 74.8 cm³/mol. The van der Waals surface area contributed by atoms with Crippen molar-refractivity contribution in [3.05, 3.63) is 33.8 Å². The van der Waals surface area contributed by atoms with E-state index in [1.807, 2.05) is 6.92 Å². The molecule has 1 nitrogen and oxygen atoms in total. The lowest BCUT2D eigenvalue weighted by Crippen LogP contribution is -2.36. The van der Waals surface area contributed by atoms with Crippen LogP contribution in [0.4, 0.5) is 8.78 Å². The lowest BCUT2D eigenvalue weighted by molar-refractivity contribution is 0.408. The van der Waals surface area contributed by atoms with Crippen LogP contribution in [0.3, 0.4) is 0 Å². The summed E-state index contributed by atoms with van der Waals surface area (Å²) in [5, 5.41) is 3.32. The Morgan fingerprint density at radius 1 is 1.28 bits per heavy atom. The first-order chi connectivity index (χ1) is 8.22. The summed E-state index contributed by atoms with van der Waals surface area (Å²) in [5.41, 5.74) is 0.189. The molecule has 0 aliphatic rings. The summed E-state index contributed by atoms with van der Waals surface area (Å²) in [6.45, 7) is 8.78. The molecule has 0 aromatic heterocycles. The van der Waals surface area contributed by atoms with Crippen LogP contribution in [0.15, 0.2) is 16.6 Å². The van der Waals surface area contributed by atoms with Crippen molar-refractivity contribution in [3.63, 3.8) is 0 Å². The van der Waals surface area contributed by atoms with E-state index in [0.717, 1.165) is 6.54 Å². The Bertz CT molecular complexity index is 413. The zero-order chi connectivity index (χ0) is 13.9. The van der Waals surface area contributed by atoms with Gasteiger partial charge in [-0.15, -0.1) is 0 Å². The van der Waals surface area contributed by atoms with E-state index in [0.29, 0.717) is 10.9 Å². The molecule has 1 unspecified atom stereocenters. The smallest absolute Gasteiger partial charge is 0.143 e. The van der Waals surface area contributed by atoms with E-state index in [1.165, 1.54) is 12.1 Å². The van der Waals surface area contributed by atoms with Gasteiger partial charge in [0.25, 0.3) is 0 Å². The molecule has 0 saturated carbocycles. The van der Waals surface area contributed by atoms with Gasteiger partial charge in [-0.2, -0.15) is 0 Å². The van der Waals surface area contributed by atoms with Crippen molar-refractivity contribution in [2.75, 3.05) is 6.54 Å². The maximum Gasteiger partial charge on any atom is 0.143 e. The minimum Gasteiger partial charge on any atom is -0.312 e. The minimum atomic E-state index is -0.488. The molecule has 0 bridgehead atoms. The first-order valence-electron chi connectivity index (χ1n) is 6.11. The Hall–Kier alpha value is -0.480. The largest absolute Gasteiger partial charge is 0.312 e. The van der Waals surface area contributed by atoms with Gasteiger partial charge in [-0.05, 0) is 67.7 Å². The van der Waals surface area contributed by atoms with Gasteiger partial charge in [0, 0.05) is 11.1 Å². The van der Waals surface area contributed by atoms with E-state index >= 15 is 0 Å². The molecule has 1 atom stereocenters. The molecule has 1 aromatic carbocycles. The van der Waals surface area contributed by atoms with Crippen molar-refractivity contribution in [2.24, 2.45) is 0 Å². The van der Waals surface area contributed by atoms with Crippen LogP contribution in [-0.2, 0) is 0 Å². The van der Waals surface area contributed by atoms with Gasteiger partial charge in [-0.1, -0.05) is 6.92 Å². The second kappa shape index (κ2) is 6.11. The molecule has 0 radical (unpaired) electrons. The van der Waals surface area contributed by atoms with E-state index < -0.39 is 11.6 Å². The number of nitrogens with one attached hydrogen (secondary N) is 1. The lowest BCUT2D eigenvalue weighted by atomic mass is 9.96. The third-order valence-electron chi connectivity index (χ3n) is 2.80. The molecule has 0 aliphatic carbocycles. The van der Waals surface area contributed by atoms with Crippen LogP contribution in [0.2, 0.25) is 0 Å². The number of halogens is 3. The normalized spacial score (nSPS) is 13.7. The fourth-order valence-corrected chi connectivity index (χ4v) is 2.15. The van der Waals surface area contributed by atoms with Gasteiger partial charge in [0.2, 0.25) is 0 Å². The predicted octanol–water partition coefficient (Wildman–Crippen LogP) is 4.61. The average Bonchev–Trinajstić information content (AvgIpc) is 2.22. The summed E-state index contributed by atoms with van der Waals surface area (Å²) in [7, 11) is 0. The average molecular weight is 320 g/mol. The Morgan fingerprint density at radius 2 is 1.89 bits per heavy atom. The zero-order valence-corrected chi connectivity index (χ0v) is 12.9. The highest BCUT2D eigenvalue weighted by Crippen LogP contribution is 2.29. The third-order valence-corrected chi connectivity index (χ3v) is 3.42. The molecule has 0 fully saturated rings. The highest BCUT2D eigenvalue weighted by molar-refractivity contribution is 9.10. The van der Waals surface area contributed by atoms with E-state index in [4.69, 9.17) is 0 Å². The molecule has 0 saturated heterocycles. The summed E-state index contributed by atoms with van der Waals surface area (Å²) < 4.78 is 27.8. The third kappa shape index (κ3) is 4.32. The molecule has 1 aromatic rings. The maximum absolute atomic E-state index is 13.9. The van der Waals surface area contributed by atoms with Crippen molar-refractivity contribution < 1.29 is 8.78 Å². The van der Waals surface area contributed by atoms with Gasteiger partial charge < -0.3 is 5.32 Å². The monoisotopic (exact) mass is 319 g/mol. The van der Waals surface area contributed by atoms with Crippen molar-refractivity contribution in [1.82, 2.24) is 5.32 Å². The molecular formula is C14H20BrF2N. The molecule has 0 amide bonds. The summed E-state index contributed by atoms with van der Waals surface area (Å²) in [5.74, 6) is -1.12. The molecule has 102 valence electrons. The van der Waals surface area contributed by atoms with E-state index in [2.05, 4.69) is 42.0 Å². The molecule has 0 aliphatic heterocycles. The van der Waals surface area contributed by atoms with E-state index in [9.17, 15) is 8.78 Å². The second-order valence-corrected chi connectivity index (χ2v) is 6.48. The zero-order valence-electron chi connectivity index (χ0n) is 11.3. The van der Waals surface area contributed by atoms with Gasteiger partial charge in [0.05, 0.1) is 4.47 Å². The van der Waals surface area contributed by atoms with Crippen LogP contribution < -0.4 is 5.32 Å². The van der Waals surface area contributed by atoms with Crippen molar-refractivity contribution in [3.8, 4) is 0 Å². The van der Waals surface area contributed by atoms with Crippen molar-refractivity contribution in [2.45, 2.75) is 45.6 Å². The minimum absolute atomic E-state index is 0.0219. The van der Waals surface area contributed by atoms with Crippen LogP contribution in [0, 0.1) is 11.6 Å². The number of benzene rings is 1. The quantitative estimate of drug-likeness (QED) is 0.799. The van der Waals surface area contributed by atoms with Gasteiger partial charge in [-0.25, -0.2) is 8.78 Å².